The van der Waals surface area contributed by atoms with Gasteiger partial charge in [-0.2, -0.15) is 16.4 Å². The second-order valence-corrected chi connectivity index (χ2v) is 4.70. The summed E-state index contributed by atoms with van der Waals surface area (Å²) in [6.07, 6.45) is 3.74. The quantitative estimate of drug-likeness (QED) is 0.911. The molecule has 0 amide bonds. The molecule has 2 N–H and O–H groups in total. The number of halogens is 1. The Morgan fingerprint density at radius 2 is 2.36 bits per heavy atom. The van der Waals surface area contributed by atoms with Crippen LogP contribution in [0.5, 0.6) is 0 Å². The Kier molecular flexibility index (Phi) is 2.71. The third-order valence-electron chi connectivity index (χ3n) is 2.06. The molecule has 1 unspecified atom stereocenters. The maximum absolute atomic E-state index is 6.10. The van der Waals surface area contributed by atoms with Gasteiger partial charge in [-0.1, -0.05) is 0 Å². The minimum atomic E-state index is -0.0932. The Hall–Kier alpha value is -0.650. The summed E-state index contributed by atoms with van der Waals surface area (Å²) in [4.78, 5) is 0. The number of hydrogen-bond acceptors (Lipinski definition) is 3. The third-order valence-corrected chi connectivity index (χ3v) is 3.81. The Morgan fingerprint density at radius 3 is 2.86 bits per heavy atom. The largest absolute Gasteiger partial charge is 0.320 e. The smallest absolute Gasteiger partial charge is 0.0602 e. The fraction of sp³-hybridized carbons (Fsp3) is 0.222. The van der Waals surface area contributed by atoms with Gasteiger partial charge in [0.15, 0.2) is 0 Å². The van der Waals surface area contributed by atoms with Crippen molar-refractivity contribution in [3.05, 3.63) is 38.8 Å². The van der Waals surface area contributed by atoms with Crippen LogP contribution in [0.25, 0.3) is 0 Å². The molecule has 2 aromatic heterocycles. The van der Waals surface area contributed by atoms with E-state index in [9.17, 15) is 0 Å². The van der Waals surface area contributed by atoms with E-state index in [1.165, 1.54) is 0 Å². The van der Waals surface area contributed by atoms with Crippen molar-refractivity contribution in [1.82, 2.24) is 9.78 Å². The molecule has 0 aliphatic heterocycles. The van der Waals surface area contributed by atoms with E-state index in [1.807, 2.05) is 18.6 Å². The zero-order chi connectivity index (χ0) is 10.1. The number of nitrogens with two attached hydrogens (primary N) is 1. The first-order chi connectivity index (χ1) is 6.68. The molecular formula is C9H10BrN3S. The number of hydrogen-bond donors (Lipinski definition) is 1. The van der Waals surface area contributed by atoms with Gasteiger partial charge in [0.2, 0.25) is 0 Å². The number of nitrogens with zero attached hydrogens (tertiary/aromatic N) is 2. The van der Waals surface area contributed by atoms with E-state index in [4.69, 9.17) is 5.73 Å². The molecule has 1 atom stereocenters. The van der Waals surface area contributed by atoms with Crippen LogP contribution in [-0.2, 0) is 7.05 Å². The highest BCUT2D eigenvalue weighted by molar-refractivity contribution is 9.10. The number of rotatable bonds is 2. The fourth-order valence-electron chi connectivity index (χ4n) is 1.29. The average Bonchev–Trinajstić information content (AvgIpc) is 2.73. The fourth-order valence-corrected chi connectivity index (χ4v) is 2.87. The van der Waals surface area contributed by atoms with Crippen LogP contribution in [0.4, 0.5) is 0 Å². The van der Waals surface area contributed by atoms with E-state index in [1.54, 1.807) is 22.2 Å². The van der Waals surface area contributed by atoms with Crippen LogP contribution in [0.15, 0.2) is 27.6 Å². The number of aromatic nitrogens is 2. The molecule has 0 bridgehead atoms. The highest BCUT2D eigenvalue weighted by Crippen LogP contribution is 2.29. The second-order valence-electron chi connectivity index (χ2n) is 3.10. The lowest BCUT2D eigenvalue weighted by Gasteiger charge is -2.07. The van der Waals surface area contributed by atoms with Gasteiger partial charge in [0.05, 0.1) is 12.2 Å². The van der Waals surface area contributed by atoms with Crippen molar-refractivity contribution in [2.45, 2.75) is 6.04 Å². The van der Waals surface area contributed by atoms with Gasteiger partial charge in [-0.15, -0.1) is 0 Å². The van der Waals surface area contributed by atoms with Crippen molar-refractivity contribution >= 4 is 27.3 Å². The maximum atomic E-state index is 6.10. The lowest BCUT2D eigenvalue weighted by Crippen LogP contribution is -2.10. The number of aryl methyl sites for hydroxylation is 1. The third kappa shape index (κ3) is 1.75. The van der Waals surface area contributed by atoms with Gasteiger partial charge < -0.3 is 5.73 Å². The van der Waals surface area contributed by atoms with Crippen molar-refractivity contribution in [3.8, 4) is 0 Å². The van der Waals surface area contributed by atoms with Crippen LogP contribution in [-0.4, -0.2) is 9.78 Å². The van der Waals surface area contributed by atoms with Gasteiger partial charge in [0.1, 0.15) is 0 Å². The minimum Gasteiger partial charge on any atom is -0.320 e. The summed E-state index contributed by atoms with van der Waals surface area (Å²) in [6, 6.07) is -0.0932. The van der Waals surface area contributed by atoms with Crippen LogP contribution in [0.2, 0.25) is 0 Å². The highest BCUT2D eigenvalue weighted by Gasteiger charge is 2.14. The zero-order valence-corrected chi connectivity index (χ0v) is 10.0. The van der Waals surface area contributed by atoms with Crippen molar-refractivity contribution in [1.29, 1.82) is 0 Å². The molecule has 0 saturated carbocycles. The topological polar surface area (TPSA) is 43.8 Å². The molecule has 5 heteroatoms. The molecule has 0 saturated heterocycles. The van der Waals surface area contributed by atoms with Gasteiger partial charge >= 0.3 is 0 Å². The Balaban J connectivity index is 2.33. The minimum absolute atomic E-state index is 0.0932. The van der Waals surface area contributed by atoms with Crippen LogP contribution < -0.4 is 5.73 Å². The summed E-state index contributed by atoms with van der Waals surface area (Å²) in [5, 5.41) is 8.19. The van der Waals surface area contributed by atoms with Gasteiger partial charge in [-0.05, 0) is 26.9 Å². The first kappa shape index (κ1) is 9.89. The summed E-state index contributed by atoms with van der Waals surface area (Å²) in [6.45, 7) is 0. The van der Waals surface area contributed by atoms with Crippen LogP contribution in [0.1, 0.15) is 17.2 Å². The van der Waals surface area contributed by atoms with Crippen molar-refractivity contribution in [2.75, 3.05) is 0 Å². The van der Waals surface area contributed by atoms with E-state index < -0.39 is 0 Å². The predicted octanol–water partition coefficient (Wildman–Crippen LogP) is 2.29. The molecule has 14 heavy (non-hydrogen) atoms. The molecule has 0 spiro atoms. The van der Waals surface area contributed by atoms with Crippen molar-refractivity contribution < 1.29 is 0 Å². The molecule has 74 valence electrons. The van der Waals surface area contributed by atoms with Gasteiger partial charge in [0, 0.05) is 28.7 Å². The Morgan fingerprint density at radius 1 is 1.57 bits per heavy atom. The molecule has 0 aliphatic carbocycles. The van der Waals surface area contributed by atoms with Crippen LogP contribution >= 0.6 is 27.3 Å². The summed E-state index contributed by atoms with van der Waals surface area (Å²) < 4.78 is 2.83. The van der Waals surface area contributed by atoms with Crippen LogP contribution in [0.3, 0.4) is 0 Å². The SMILES string of the molecule is Cn1cc(C(N)c2cscc2Br)cn1. The molecule has 0 radical (unpaired) electrons. The summed E-state index contributed by atoms with van der Waals surface area (Å²) in [5.41, 5.74) is 8.25. The summed E-state index contributed by atoms with van der Waals surface area (Å²) >= 11 is 5.12. The van der Waals surface area contributed by atoms with Crippen molar-refractivity contribution in [2.24, 2.45) is 12.8 Å². The van der Waals surface area contributed by atoms with E-state index in [-0.39, 0.29) is 6.04 Å². The van der Waals surface area contributed by atoms with Gasteiger partial charge in [-0.25, -0.2) is 0 Å². The molecule has 0 aliphatic rings. The second kappa shape index (κ2) is 3.84. The summed E-state index contributed by atoms with van der Waals surface area (Å²) in [5.74, 6) is 0. The normalized spacial score (nSPS) is 13.1. The van der Waals surface area contributed by atoms with Gasteiger partial charge in [-0.3, -0.25) is 4.68 Å². The molecule has 2 heterocycles. The first-order valence-corrected chi connectivity index (χ1v) is 5.88. The average molecular weight is 272 g/mol. The molecule has 2 aromatic rings. The van der Waals surface area contributed by atoms with Crippen molar-refractivity contribution in [3.63, 3.8) is 0 Å². The molecule has 3 nitrogen and oxygen atoms in total. The number of thiophene rings is 1. The maximum Gasteiger partial charge on any atom is 0.0602 e. The van der Waals surface area contributed by atoms with E-state index in [0.717, 1.165) is 15.6 Å². The predicted molar refractivity (Wildman–Crippen MR) is 61.3 cm³/mol. The lowest BCUT2D eigenvalue weighted by atomic mass is 10.1. The van der Waals surface area contributed by atoms with Gasteiger partial charge in [0.25, 0.3) is 0 Å². The van der Waals surface area contributed by atoms with E-state index >= 15 is 0 Å². The van der Waals surface area contributed by atoms with E-state index in [2.05, 4.69) is 26.4 Å². The van der Waals surface area contributed by atoms with Crippen LogP contribution in [0, 0.1) is 0 Å². The molecule has 0 aromatic carbocycles. The first-order valence-electron chi connectivity index (χ1n) is 4.14. The molecular weight excluding hydrogens is 262 g/mol. The Labute approximate surface area is 94.7 Å². The zero-order valence-electron chi connectivity index (χ0n) is 7.64. The molecule has 0 fully saturated rings. The summed E-state index contributed by atoms with van der Waals surface area (Å²) in [7, 11) is 1.89. The standard InChI is InChI=1S/C9H10BrN3S/c1-13-3-6(2-12-13)9(11)7-4-14-5-8(7)10/h2-5,9H,11H2,1H3. The Bertz CT molecular complexity index is 435. The molecule has 2 rings (SSSR count). The monoisotopic (exact) mass is 271 g/mol. The highest BCUT2D eigenvalue weighted by atomic mass is 79.9. The lowest BCUT2D eigenvalue weighted by molar-refractivity contribution is 0.765. The van der Waals surface area contributed by atoms with E-state index in [0.29, 0.717) is 0 Å².